The molecule has 5 nitrogen and oxygen atoms in total. The third-order valence-corrected chi connectivity index (χ3v) is 4.34. The number of hydrogen-bond donors (Lipinski definition) is 0. The molecule has 1 aliphatic rings. The van der Waals surface area contributed by atoms with E-state index < -0.39 is 28.7 Å². The van der Waals surface area contributed by atoms with E-state index >= 15 is 0 Å². The summed E-state index contributed by atoms with van der Waals surface area (Å²) in [6.07, 6.45) is 2.19. The molecule has 1 saturated heterocycles. The lowest BCUT2D eigenvalue weighted by atomic mass is 9.88. The molecule has 6 heteroatoms. The fraction of sp³-hybridized carbons (Fsp3) is 0.867. The normalized spacial score (nSPS) is 20.0. The van der Waals surface area contributed by atoms with Crippen LogP contribution in [0.3, 0.4) is 0 Å². The van der Waals surface area contributed by atoms with Gasteiger partial charge in [-0.25, -0.2) is 12.7 Å². The van der Waals surface area contributed by atoms with E-state index in [1.807, 2.05) is 22.9 Å². The molecule has 0 unspecified atom stereocenters. The smallest absolute Gasteiger partial charge is 0.339 e. The van der Waals surface area contributed by atoms with Crippen LogP contribution in [-0.2, 0) is 19.1 Å². The van der Waals surface area contributed by atoms with Gasteiger partial charge in [0.1, 0.15) is 11.2 Å². The maximum absolute atomic E-state index is 12.7. The van der Waals surface area contributed by atoms with Gasteiger partial charge >= 0.3 is 11.9 Å². The van der Waals surface area contributed by atoms with Crippen molar-refractivity contribution in [1.82, 2.24) is 3.11 Å². The van der Waals surface area contributed by atoms with Gasteiger partial charge in [0.2, 0.25) is 5.54 Å². The van der Waals surface area contributed by atoms with Crippen LogP contribution in [0.2, 0.25) is 0 Å². The lowest BCUT2D eigenvalue weighted by Crippen LogP contribution is -2.61. The van der Waals surface area contributed by atoms with Crippen molar-refractivity contribution in [3.05, 3.63) is 0 Å². The summed E-state index contributed by atoms with van der Waals surface area (Å²) >= 11 is 2.04. The molecule has 21 heavy (non-hydrogen) atoms. The van der Waals surface area contributed by atoms with Crippen LogP contribution in [0.1, 0.15) is 60.8 Å². The second kappa shape index (κ2) is 6.40. The average Bonchev–Trinajstić information content (AvgIpc) is 2.24. The maximum atomic E-state index is 12.7. The Morgan fingerprint density at radius 2 is 1.38 bits per heavy atom. The predicted molar refractivity (Wildman–Crippen MR) is 89.0 cm³/mol. The highest BCUT2D eigenvalue weighted by molar-refractivity contribution is 14.1. The van der Waals surface area contributed by atoms with E-state index in [0.29, 0.717) is 13.0 Å². The number of nitrogens with zero attached hydrogens (tertiary/aromatic N) is 1. The van der Waals surface area contributed by atoms with Crippen LogP contribution < -0.4 is 0 Å². The molecule has 122 valence electrons. The molecule has 0 amide bonds. The lowest BCUT2D eigenvalue weighted by Gasteiger charge is -2.41. The number of hydrogen-bond acceptors (Lipinski definition) is 5. The zero-order valence-corrected chi connectivity index (χ0v) is 15.9. The van der Waals surface area contributed by atoms with Gasteiger partial charge in [0.25, 0.3) is 0 Å². The van der Waals surface area contributed by atoms with E-state index in [2.05, 4.69) is 0 Å². The lowest BCUT2D eigenvalue weighted by molar-refractivity contribution is -0.184. The Morgan fingerprint density at radius 3 is 1.71 bits per heavy atom. The standard InChI is InChI=1S/C15H26INO4/c1-13(2,3)20-11(18)15(9-7-8-10-17(15)16)12(19)21-14(4,5)6/h7-10H2,1-6H3. The molecule has 0 saturated carbocycles. The van der Waals surface area contributed by atoms with Crippen molar-refractivity contribution in [2.75, 3.05) is 6.54 Å². The van der Waals surface area contributed by atoms with Gasteiger partial charge in [0, 0.05) is 29.4 Å². The number of carbonyl (C=O) groups excluding carboxylic acids is 2. The Bertz CT molecular complexity index is 381. The summed E-state index contributed by atoms with van der Waals surface area (Å²) in [4.78, 5) is 25.4. The second-order valence-corrected chi connectivity index (χ2v) is 8.57. The SMILES string of the molecule is CC(C)(C)OC(=O)C1(C(=O)OC(C)(C)C)CCCCN1I. The first-order chi connectivity index (χ1) is 9.38. The number of carbonyl (C=O) groups is 2. The fourth-order valence-corrected chi connectivity index (χ4v) is 3.13. The molecule has 0 aromatic rings. The Balaban J connectivity index is 3.11. The van der Waals surface area contributed by atoms with Crippen LogP contribution in [0.4, 0.5) is 0 Å². The number of halogens is 1. The Labute approximate surface area is 141 Å². The van der Waals surface area contributed by atoms with Gasteiger partial charge in [0.15, 0.2) is 0 Å². The zero-order chi connectivity index (χ0) is 16.5. The zero-order valence-electron chi connectivity index (χ0n) is 13.8. The highest BCUT2D eigenvalue weighted by Crippen LogP contribution is 2.36. The minimum absolute atomic E-state index is 0.430. The van der Waals surface area contributed by atoms with Crippen LogP contribution in [-0.4, -0.2) is 38.3 Å². The van der Waals surface area contributed by atoms with E-state index in [1.54, 1.807) is 44.7 Å². The van der Waals surface area contributed by atoms with Crippen molar-refractivity contribution in [3.63, 3.8) is 0 Å². The summed E-state index contributed by atoms with van der Waals surface area (Å²) in [5.74, 6) is -1.03. The molecule has 0 spiro atoms. The number of ether oxygens (including phenoxy) is 2. The van der Waals surface area contributed by atoms with Gasteiger partial charge in [-0.2, -0.15) is 0 Å². The van der Waals surface area contributed by atoms with Crippen LogP contribution >= 0.6 is 22.9 Å². The van der Waals surface area contributed by atoms with Crippen LogP contribution in [0.15, 0.2) is 0 Å². The van der Waals surface area contributed by atoms with Crippen LogP contribution in [0, 0.1) is 0 Å². The highest BCUT2D eigenvalue weighted by atomic mass is 127. The maximum Gasteiger partial charge on any atom is 0.339 e. The molecule has 0 aromatic heterocycles. The third kappa shape index (κ3) is 4.81. The molecule has 0 bridgehead atoms. The topological polar surface area (TPSA) is 55.8 Å². The fourth-order valence-electron chi connectivity index (χ4n) is 2.15. The highest BCUT2D eigenvalue weighted by Gasteiger charge is 2.56. The van der Waals surface area contributed by atoms with Crippen molar-refractivity contribution in [1.29, 1.82) is 0 Å². The van der Waals surface area contributed by atoms with Gasteiger partial charge in [-0.15, -0.1) is 0 Å². The molecule has 1 fully saturated rings. The molecule has 0 radical (unpaired) electrons. The number of esters is 2. The predicted octanol–water partition coefficient (Wildman–Crippen LogP) is 3.24. The van der Waals surface area contributed by atoms with E-state index in [0.717, 1.165) is 12.8 Å². The Hall–Kier alpha value is -0.370. The molecule has 0 aliphatic carbocycles. The largest absolute Gasteiger partial charge is 0.458 e. The van der Waals surface area contributed by atoms with E-state index in [4.69, 9.17) is 9.47 Å². The van der Waals surface area contributed by atoms with Crippen molar-refractivity contribution in [2.24, 2.45) is 0 Å². The van der Waals surface area contributed by atoms with Crippen molar-refractivity contribution >= 4 is 34.8 Å². The third-order valence-electron chi connectivity index (χ3n) is 3.03. The first-order valence-electron chi connectivity index (χ1n) is 7.29. The molecule has 0 aromatic carbocycles. The van der Waals surface area contributed by atoms with E-state index in [9.17, 15) is 9.59 Å². The summed E-state index contributed by atoms with van der Waals surface area (Å²) in [7, 11) is 0. The molecule has 1 heterocycles. The molecular weight excluding hydrogens is 385 g/mol. The Morgan fingerprint density at radius 1 is 0.952 bits per heavy atom. The summed E-state index contributed by atoms with van der Waals surface area (Å²) in [5.41, 5.74) is -2.61. The average molecular weight is 411 g/mol. The monoisotopic (exact) mass is 411 g/mol. The first-order valence-corrected chi connectivity index (χ1v) is 8.25. The summed E-state index contributed by atoms with van der Waals surface area (Å²) in [5, 5.41) is 0. The van der Waals surface area contributed by atoms with E-state index in [-0.39, 0.29) is 0 Å². The van der Waals surface area contributed by atoms with Gasteiger partial charge < -0.3 is 9.47 Å². The Kier molecular flexibility index (Phi) is 5.69. The van der Waals surface area contributed by atoms with Gasteiger partial charge in [0.05, 0.1) is 0 Å². The molecule has 1 rings (SSSR count). The minimum Gasteiger partial charge on any atom is -0.458 e. The molecule has 1 aliphatic heterocycles. The first kappa shape index (κ1) is 18.7. The summed E-state index contributed by atoms with van der Waals surface area (Å²) in [6, 6.07) is 0. The van der Waals surface area contributed by atoms with Crippen molar-refractivity contribution in [2.45, 2.75) is 77.5 Å². The molecular formula is C15H26INO4. The summed E-state index contributed by atoms with van der Waals surface area (Å²) < 4.78 is 12.7. The van der Waals surface area contributed by atoms with Gasteiger partial charge in [-0.05, 0) is 60.8 Å². The quantitative estimate of drug-likeness (QED) is 0.302. The molecule has 0 atom stereocenters. The van der Waals surface area contributed by atoms with Gasteiger partial charge in [-0.3, -0.25) is 0 Å². The minimum atomic E-state index is -1.33. The van der Waals surface area contributed by atoms with Crippen molar-refractivity contribution < 1.29 is 19.1 Å². The summed E-state index contributed by atoms with van der Waals surface area (Å²) in [6.45, 7) is 11.5. The van der Waals surface area contributed by atoms with Crippen molar-refractivity contribution in [3.8, 4) is 0 Å². The van der Waals surface area contributed by atoms with E-state index in [1.165, 1.54) is 0 Å². The number of piperidine rings is 1. The van der Waals surface area contributed by atoms with Crippen LogP contribution in [0.25, 0.3) is 0 Å². The van der Waals surface area contributed by atoms with Gasteiger partial charge in [-0.1, -0.05) is 0 Å². The van der Waals surface area contributed by atoms with Crippen LogP contribution in [0.5, 0.6) is 0 Å². The number of rotatable bonds is 2. The molecule has 0 N–H and O–H groups in total. The second-order valence-electron chi connectivity index (χ2n) is 7.41.